The first kappa shape index (κ1) is 11.0. The molecule has 2 aromatic heterocycles. The van der Waals surface area contributed by atoms with Crippen LogP contribution < -0.4 is 5.73 Å². The summed E-state index contributed by atoms with van der Waals surface area (Å²) in [5, 5.41) is 1.11. The maximum atomic E-state index is 5.99. The molecule has 0 bridgehead atoms. The van der Waals surface area contributed by atoms with Gasteiger partial charge in [-0.25, -0.2) is 9.97 Å². The third-order valence-corrected chi connectivity index (χ3v) is 3.50. The van der Waals surface area contributed by atoms with E-state index >= 15 is 0 Å². The molecule has 0 unspecified atom stereocenters. The molecule has 0 saturated heterocycles. The average Bonchev–Trinajstić information content (AvgIpc) is 2.83. The lowest BCUT2D eigenvalue weighted by Gasteiger charge is -2.13. The standard InChI is InChI=1S/C14H16N4/c1-3-9(2)18-8-16-12-13(18)10-6-4-5-7-11(10)17-14(12)15/h4-9H,3H2,1-2H3,(H2,15,17)/t9-/m1/s1. The van der Waals surface area contributed by atoms with Crippen LogP contribution in [-0.2, 0) is 0 Å². The highest BCUT2D eigenvalue weighted by molar-refractivity contribution is 6.06. The summed E-state index contributed by atoms with van der Waals surface area (Å²) in [5.74, 6) is 0.505. The van der Waals surface area contributed by atoms with Crippen LogP contribution in [0.4, 0.5) is 5.82 Å². The number of para-hydroxylation sites is 1. The summed E-state index contributed by atoms with van der Waals surface area (Å²) in [7, 11) is 0. The lowest BCUT2D eigenvalue weighted by molar-refractivity contribution is 0.545. The maximum absolute atomic E-state index is 5.99. The number of hydrogen-bond donors (Lipinski definition) is 1. The Morgan fingerprint density at radius 3 is 2.89 bits per heavy atom. The number of anilines is 1. The van der Waals surface area contributed by atoms with E-state index in [-0.39, 0.29) is 0 Å². The first-order valence-electron chi connectivity index (χ1n) is 6.23. The van der Waals surface area contributed by atoms with Gasteiger partial charge in [-0.3, -0.25) is 0 Å². The number of pyridine rings is 1. The van der Waals surface area contributed by atoms with Crippen molar-refractivity contribution >= 4 is 27.8 Å². The molecule has 2 heterocycles. The normalized spacial score (nSPS) is 13.2. The molecule has 92 valence electrons. The number of rotatable bonds is 2. The van der Waals surface area contributed by atoms with E-state index < -0.39 is 0 Å². The van der Waals surface area contributed by atoms with Crippen molar-refractivity contribution in [3.8, 4) is 0 Å². The van der Waals surface area contributed by atoms with Gasteiger partial charge >= 0.3 is 0 Å². The quantitative estimate of drug-likeness (QED) is 0.748. The van der Waals surface area contributed by atoms with Gasteiger partial charge in [-0.1, -0.05) is 25.1 Å². The predicted octanol–water partition coefficient (Wildman–Crippen LogP) is 3.14. The van der Waals surface area contributed by atoms with Crippen LogP contribution in [0.2, 0.25) is 0 Å². The van der Waals surface area contributed by atoms with E-state index in [1.807, 2.05) is 24.5 Å². The number of imidazole rings is 1. The highest BCUT2D eigenvalue weighted by Gasteiger charge is 2.14. The monoisotopic (exact) mass is 240 g/mol. The molecule has 0 spiro atoms. The van der Waals surface area contributed by atoms with Gasteiger partial charge in [-0.15, -0.1) is 0 Å². The van der Waals surface area contributed by atoms with Crippen LogP contribution in [0.1, 0.15) is 26.3 Å². The van der Waals surface area contributed by atoms with Crippen LogP contribution in [0.5, 0.6) is 0 Å². The van der Waals surface area contributed by atoms with E-state index in [9.17, 15) is 0 Å². The van der Waals surface area contributed by atoms with Crippen LogP contribution in [-0.4, -0.2) is 14.5 Å². The van der Waals surface area contributed by atoms with Crippen LogP contribution in [0, 0.1) is 0 Å². The Bertz CT molecular complexity index is 714. The molecule has 0 radical (unpaired) electrons. The van der Waals surface area contributed by atoms with Gasteiger partial charge in [0.05, 0.1) is 17.4 Å². The number of nitrogens with zero attached hydrogens (tertiary/aromatic N) is 3. The third kappa shape index (κ3) is 1.45. The highest BCUT2D eigenvalue weighted by Crippen LogP contribution is 2.29. The minimum Gasteiger partial charge on any atom is -0.382 e. The summed E-state index contributed by atoms with van der Waals surface area (Å²) >= 11 is 0. The van der Waals surface area contributed by atoms with Crippen LogP contribution >= 0.6 is 0 Å². The van der Waals surface area contributed by atoms with Gasteiger partial charge in [-0.2, -0.15) is 0 Å². The lowest BCUT2D eigenvalue weighted by atomic mass is 10.1. The Hall–Kier alpha value is -2.10. The molecule has 3 aromatic rings. The highest BCUT2D eigenvalue weighted by atomic mass is 15.1. The number of nitrogens with two attached hydrogens (primary N) is 1. The SMILES string of the molecule is CC[C@@H](C)n1cnc2c(N)nc3ccccc3c21. The number of hydrogen-bond acceptors (Lipinski definition) is 3. The molecule has 4 nitrogen and oxygen atoms in total. The summed E-state index contributed by atoms with van der Waals surface area (Å²) in [6, 6.07) is 8.46. The molecule has 1 atom stereocenters. The van der Waals surface area contributed by atoms with Crippen molar-refractivity contribution in [1.82, 2.24) is 14.5 Å². The Morgan fingerprint density at radius 1 is 1.33 bits per heavy atom. The first-order valence-corrected chi connectivity index (χ1v) is 6.23. The molecule has 4 heteroatoms. The smallest absolute Gasteiger partial charge is 0.152 e. The van der Waals surface area contributed by atoms with E-state index in [1.165, 1.54) is 0 Å². The van der Waals surface area contributed by atoms with Gasteiger partial charge in [0.1, 0.15) is 5.52 Å². The molecule has 0 aliphatic carbocycles. The van der Waals surface area contributed by atoms with Gasteiger partial charge in [0, 0.05) is 11.4 Å². The number of nitrogen functional groups attached to an aromatic ring is 1. The minimum atomic E-state index is 0.403. The molecule has 0 saturated carbocycles. The van der Waals surface area contributed by atoms with Gasteiger partial charge in [0.15, 0.2) is 5.82 Å². The molecule has 0 aliphatic heterocycles. The van der Waals surface area contributed by atoms with E-state index in [2.05, 4.69) is 34.4 Å². The summed E-state index contributed by atoms with van der Waals surface area (Å²) in [6.45, 7) is 4.36. The van der Waals surface area contributed by atoms with E-state index in [0.717, 1.165) is 28.4 Å². The summed E-state index contributed by atoms with van der Waals surface area (Å²) in [5.41, 5.74) is 8.80. The van der Waals surface area contributed by atoms with Gasteiger partial charge in [0.25, 0.3) is 0 Å². The summed E-state index contributed by atoms with van der Waals surface area (Å²) in [4.78, 5) is 8.82. The Morgan fingerprint density at radius 2 is 2.11 bits per heavy atom. The van der Waals surface area contributed by atoms with Crippen LogP contribution in [0.3, 0.4) is 0 Å². The zero-order valence-electron chi connectivity index (χ0n) is 10.6. The number of fused-ring (bicyclic) bond motifs is 3. The van der Waals surface area contributed by atoms with Gasteiger partial charge < -0.3 is 10.3 Å². The van der Waals surface area contributed by atoms with Crippen LogP contribution in [0.25, 0.3) is 21.9 Å². The lowest BCUT2D eigenvalue weighted by Crippen LogP contribution is -2.03. The second kappa shape index (κ2) is 3.98. The molecule has 3 rings (SSSR count). The third-order valence-electron chi connectivity index (χ3n) is 3.50. The van der Waals surface area contributed by atoms with Crippen molar-refractivity contribution in [3.05, 3.63) is 30.6 Å². The summed E-state index contributed by atoms with van der Waals surface area (Å²) < 4.78 is 2.19. The fourth-order valence-corrected chi connectivity index (χ4v) is 2.30. The zero-order valence-corrected chi connectivity index (χ0v) is 10.6. The molecule has 0 fully saturated rings. The van der Waals surface area contributed by atoms with Crippen molar-refractivity contribution in [2.24, 2.45) is 0 Å². The Kier molecular flexibility index (Phi) is 2.44. The number of benzene rings is 1. The second-order valence-electron chi connectivity index (χ2n) is 4.62. The summed E-state index contributed by atoms with van der Waals surface area (Å²) in [6.07, 6.45) is 2.92. The van der Waals surface area contributed by atoms with Crippen LogP contribution in [0.15, 0.2) is 30.6 Å². The average molecular weight is 240 g/mol. The fourth-order valence-electron chi connectivity index (χ4n) is 2.30. The van der Waals surface area contributed by atoms with Crippen molar-refractivity contribution in [2.75, 3.05) is 5.73 Å². The van der Waals surface area contributed by atoms with Crippen molar-refractivity contribution < 1.29 is 0 Å². The Labute approximate surface area is 105 Å². The zero-order chi connectivity index (χ0) is 12.7. The molecule has 18 heavy (non-hydrogen) atoms. The van der Waals surface area contributed by atoms with Gasteiger partial charge in [0.2, 0.25) is 0 Å². The van der Waals surface area contributed by atoms with Crippen molar-refractivity contribution in [2.45, 2.75) is 26.3 Å². The minimum absolute atomic E-state index is 0.403. The second-order valence-corrected chi connectivity index (χ2v) is 4.62. The van der Waals surface area contributed by atoms with Gasteiger partial charge in [-0.05, 0) is 19.4 Å². The largest absolute Gasteiger partial charge is 0.382 e. The molecular weight excluding hydrogens is 224 g/mol. The fraction of sp³-hybridized carbons (Fsp3) is 0.286. The Balaban J connectivity index is 2.47. The van der Waals surface area contributed by atoms with E-state index in [4.69, 9.17) is 5.73 Å². The molecule has 0 aliphatic rings. The molecule has 0 amide bonds. The predicted molar refractivity (Wildman–Crippen MR) is 74.4 cm³/mol. The number of aromatic nitrogens is 3. The topological polar surface area (TPSA) is 56.7 Å². The molecule has 1 aromatic carbocycles. The first-order chi connectivity index (χ1) is 8.72. The van der Waals surface area contributed by atoms with E-state index in [0.29, 0.717) is 11.9 Å². The van der Waals surface area contributed by atoms with E-state index in [1.54, 1.807) is 0 Å². The van der Waals surface area contributed by atoms with Crippen molar-refractivity contribution in [3.63, 3.8) is 0 Å². The van der Waals surface area contributed by atoms with Crippen molar-refractivity contribution in [1.29, 1.82) is 0 Å². The molecular formula is C14H16N4. The maximum Gasteiger partial charge on any atom is 0.152 e. The molecule has 2 N–H and O–H groups in total.